The number of nitrogens with zero attached hydrogens (tertiary/aromatic N) is 2. The molecule has 0 bridgehead atoms. The van der Waals surface area contributed by atoms with Gasteiger partial charge in [0.15, 0.2) is 0 Å². The van der Waals surface area contributed by atoms with Gasteiger partial charge in [-0.3, -0.25) is 0 Å². The lowest BCUT2D eigenvalue weighted by Gasteiger charge is -2.20. The van der Waals surface area contributed by atoms with Crippen LogP contribution >= 0.6 is 0 Å². The lowest BCUT2D eigenvalue weighted by Crippen LogP contribution is -2.32. The number of rotatable bonds is 6. The van der Waals surface area contributed by atoms with E-state index in [1.54, 1.807) is 10.9 Å². The molecule has 1 heterocycles. The second kappa shape index (κ2) is 7.92. The molecule has 0 spiro atoms. The number of sulfonamides is 1. The first-order valence-electron chi connectivity index (χ1n) is 8.96. The van der Waals surface area contributed by atoms with E-state index in [1.165, 1.54) is 24.3 Å². The van der Waals surface area contributed by atoms with Crippen molar-refractivity contribution in [3.05, 3.63) is 96.1 Å². The molecule has 0 saturated carbocycles. The highest BCUT2D eigenvalue weighted by Crippen LogP contribution is 2.24. The molecule has 0 amide bonds. The number of benzene rings is 3. The Morgan fingerprint density at radius 1 is 0.933 bits per heavy atom. The summed E-state index contributed by atoms with van der Waals surface area (Å²) in [6.07, 6.45) is 1.55. The summed E-state index contributed by atoms with van der Waals surface area (Å²) in [6, 6.07) is 13.9. The summed E-state index contributed by atoms with van der Waals surface area (Å²) in [6.45, 7) is 0.0995. The highest BCUT2D eigenvalue weighted by atomic mass is 32.2. The van der Waals surface area contributed by atoms with Crippen LogP contribution in [0.1, 0.15) is 11.6 Å². The first-order valence-corrected chi connectivity index (χ1v) is 10.4. The van der Waals surface area contributed by atoms with Gasteiger partial charge >= 0.3 is 0 Å². The van der Waals surface area contributed by atoms with Crippen molar-refractivity contribution >= 4 is 21.1 Å². The summed E-state index contributed by atoms with van der Waals surface area (Å²) in [5, 5.41) is 0. The highest BCUT2D eigenvalue weighted by molar-refractivity contribution is 7.89. The zero-order valence-electron chi connectivity index (χ0n) is 15.5. The third-order valence-corrected chi connectivity index (χ3v) is 6.15. The van der Waals surface area contributed by atoms with E-state index >= 15 is 0 Å². The van der Waals surface area contributed by atoms with Gasteiger partial charge in [-0.2, -0.15) is 0 Å². The maximum atomic E-state index is 14.1. The number of nitrogens with one attached hydrogen (secondary N) is 1. The smallest absolute Gasteiger partial charge is 0.244 e. The lowest BCUT2D eigenvalue weighted by atomic mass is 10.1. The molecule has 0 aliphatic rings. The summed E-state index contributed by atoms with van der Waals surface area (Å²) in [4.78, 5) is 3.48. The SMILES string of the molecule is O=S(=O)(NC(Cn1cnc2ccccc21)c1ccc(F)cc1)c1cc(F)ccc1F. The van der Waals surface area contributed by atoms with Gasteiger partial charge in [0.2, 0.25) is 10.0 Å². The van der Waals surface area contributed by atoms with Crippen LogP contribution in [0.25, 0.3) is 11.0 Å². The number of hydrogen-bond donors (Lipinski definition) is 1. The van der Waals surface area contributed by atoms with Gasteiger partial charge in [0.1, 0.15) is 22.3 Å². The van der Waals surface area contributed by atoms with E-state index in [9.17, 15) is 21.6 Å². The number of aromatic nitrogens is 2. The second-order valence-electron chi connectivity index (χ2n) is 6.69. The Morgan fingerprint density at radius 3 is 2.40 bits per heavy atom. The number of fused-ring (bicyclic) bond motifs is 1. The predicted octanol–water partition coefficient (Wildman–Crippen LogP) is 4.17. The molecule has 1 unspecified atom stereocenters. The Morgan fingerprint density at radius 2 is 1.63 bits per heavy atom. The Kier molecular flexibility index (Phi) is 5.31. The van der Waals surface area contributed by atoms with Crippen molar-refractivity contribution in [2.24, 2.45) is 0 Å². The van der Waals surface area contributed by atoms with Crippen LogP contribution in [0.5, 0.6) is 0 Å². The summed E-state index contributed by atoms with van der Waals surface area (Å²) >= 11 is 0. The second-order valence-corrected chi connectivity index (χ2v) is 8.37. The molecule has 9 heteroatoms. The van der Waals surface area contributed by atoms with Crippen LogP contribution in [-0.4, -0.2) is 18.0 Å². The lowest BCUT2D eigenvalue weighted by molar-refractivity contribution is 0.505. The minimum absolute atomic E-state index is 0.0995. The van der Waals surface area contributed by atoms with Crippen molar-refractivity contribution < 1.29 is 21.6 Å². The topological polar surface area (TPSA) is 64.0 Å². The largest absolute Gasteiger partial charge is 0.329 e. The molecule has 4 rings (SSSR count). The van der Waals surface area contributed by atoms with Gasteiger partial charge in [-0.25, -0.2) is 31.3 Å². The predicted molar refractivity (Wildman–Crippen MR) is 106 cm³/mol. The molecule has 0 fully saturated rings. The van der Waals surface area contributed by atoms with E-state index in [0.717, 1.165) is 23.2 Å². The van der Waals surface area contributed by atoms with Crippen LogP contribution in [0.2, 0.25) is 0 Å². The standard InChI is InChI=1S/C21H16F3N3O2S/c22-15-7-5-14(6-8-15)19(12-27-13-25-18-3-1-2-4-20(18)27)26-30(28,29)21-11-16(23)9-10-17(21)24/h1-11,13,19,26H,12H2. The molecule has 154 valence electrons. The Labute approximate surface area is 170 Å². The first kappa shape index (κ1) is 20.1. The molecule has 4 aromatic rings. The van der Waals surface area contributed by atoms with Gasteiger partial charge in [-0.1, -0.05) is 24.3 Å². The van der Waals surface area contributed by atoms with Gasteiger partial charge in [0, 0.05) is 6.54 Å². The average Bonchev–Trinajstić information content (AvgIpc) is 3.13. The van der Waals surface area contributed by atoms with Crippen LogP contribution in [0.4, 0.5) is 13.2 Å². The summed E-state index contributed by atoms with van der Waals surface area (Å²) in [5.74, 6) is -2.44. The minimum atomic E-state index is -4.42. The Bertz CT molecular complexity index is 1300. The van der Waals surface area contributed by atoms with Gasteiger partial charge in [0.05, 0.1) is 23.4 Å². The van der Waals surface area contributed by atoms with E-state index in [2.05, 4.69) is 9.71 Å². The molecule has 1 atom stereocenters. The van der Waals surface area contributed by atoms with Crippen LogP contribution in [0.15, 0.2) is 78.0 Å². The van der Waals surface area contributed by atoms with Crippen molar-refractivity contribution in [2.45, 2.75) is 17.5 Å². The van der Waals surface area contributed by atoms with E-state index < -0.39 is 38.4 Å². The maximum absolute atomic E-state index is 14.1. The average molecular weight is 431 g/mol. The normalized spacial score (nSPS) is 12.9. The van der Waals surface area contributed by atoms with Gasteiger partial charge in [0.25, 0.3) is 0 Å². The van der Waals surface area contributed by atoms with Crippen molar-refractivity contribution in [1.29, 1.82) is 0 Å². The van der Waals surface area contributed by atoms with E-state index in [-0.39, 0.29) is 6.54 Å². The van der Waals surface area contributed by atoms with E-state index in [0.29, 0.717) is 11.6 Å². The zero-order chi connectivity index (χ0) is 21.3. The van der Waals surface area contributed by atoms with Gasteiger partial charge < -0.3 is 4.57 Å². The van der Waals surface area contributed by atoms with Crippen LogP contribution in [-0.2, 0) is 16.6 Å². The number of hydrogen-bond acceptors (Lipinski definition) is 3. The van der Waals surface area contributed by atoms with Gasteiger partial charge in [-0.05, 0) is 48.0 Å². The summed E-state index contributed by atoms with van der Waals surface area (Å²) in [7, 11) is -4.42. The fourth-order valence-electron chi connectivity index (χ4n) is 3.19. The summed E-state index contributed by atoms with van der Waals surface area (Å²) < 4.78 is 70.8. The molecule has 1 aromatic heterocycles. The summed E-state index contributed by atoms with van der Waals surface area (Å²) in [5.41, 5.74) is 1.93. The number of halogens is 3. The Hall–Kier alpha value is -3.17. The van der Waals surface area contributed by atoms with Crippen LogP contribution in [0.3, 0.4) is 0 Å². The first-order chi connectivity index (χ1) is 14.3. The quantitative estimate of drug-likeness (QED) is 0.498. The van der Waals surface area contributed by atoms with Crippen LogP contribution in [0, 0.1) is 17.5 Å². The van der Waals surface area contributed by atoms with Crippen molar-refractivity contribution in [2.75, 3.05) is 0 Å². The fourth-order valence-corrected chi connectivity index (χ4v) is 4.50. The fraction of sp³-hybridized carbons (Fsp3) is 0.0952. The van der Waals surface area contributed by atoms with Crippen molar-refractivity contribution in [3.8, 4) is 0 Å². The molecule has 0 aliphatic heterocycles. The van der Waals surface area contributed by atoms with Crippen LogP contribution < -0.4 is 4.72 Å². The monoisotopic (exact) mass is 431 g/mol. The van der Waals surface area contributed by atoms with E-state index in [4.69, 9.17) is 0 Å². The third-order valence-electron chi connectivity index (χ3n) is 4.66. The molecule has 30 heavy (non-hydrogen) atoms. The van der Waals surface area contributed by atoms with Crippen molar-refractivity contribution in [1.82, 2.24) is 14.3 Å². The molecule has 5 nitrogen and oxygen atoms in total. The molecular formula is C21H16F3N3O2S. The Balaban J connectivity index is 1.74. The molecular weight excluding hydrogens is 415 g/mol. The molecule has 3 aromatic carbocycles. The zero-order valence-corrected chi connectivity index (χ0v) is 16.3. The van der Waals surface area contributed by atoms with Crippen molar-refractivity contribution in [3.63, 3.8) is 0 Å². The molecule has 0 radical (unpaired) electrons. The molecule has 0 saturated heterocycles. The third kappa shape index (κ3) is 4.07. The highest BCUT2D eigenvalue weighted by Gasteiger charge is 2.25. The minimum Gasteiger partial charge on any atom is -0.329 e. The molecule has 0 aliphatic carbocycles. The number of imidazole rings is 1. The number of para-hydroxylation sites is 2. The van der Waals surface area contributed by atoms with Gasteiger partial charge in [-0.15, -0.1) is 0 Å². The molecule has 1 N–H and O–H groups in total. The van der Waals surface area contributed by atoms with E-state index in [1.807, 2.05) is 24.3 Å². The maximum Gasteiger partial charge on any atom is 0.244 e.